The van der Waals surface area contributed by atoms with Gasteiger partial charge < -0.3 is 15.2 Å². The number of rotatable bonds is 6. The Morgan fingerprint density at radius 2 is 2.16 bits per heavy atom. The number of hydrogen-bond acceptors (Lipinski definition) is 4. The molecule has 1 heterocycles. The van der Waals surface area contributed by atoms with E-state index < -0.39 is 17.4 Å². The quantitative estimate of drug-likeness (QED) is 0.813. The lowest BCUT2D eigenvalue weighted by atomic mass is 9.96. The Morgan fingerprint density at radius 1 is 1.47 bits per heavy atom. The molecule has 6 nitrogen and oxygen atoms in total. The zero-order valence-electron chi connectivity index (χ0n) is 11.3. The second kappa shape index (κ2) is 6.17. The Labute approximate surface area is 111 Å². The number of ether oxygens (including phenoxy) is 1. The summed E-state index contributed by atoms with van der Waals surface area (Å²) >= 11 is 0. The third kappa shape index (κ3) is 3.67. The second-order valence-corrected chi connectivity index (χ2v) is 4.43. The van der Waals surface area contributed by atoms with Crippen LogP contribution in [0, 0.1) is 0 Å². The predicted octanol–water partition coefficient (Wildman–Crippen LogP) is 1.46. The molecule has 0 aliphatic carbocycles. The summed E-state index contributed by atoms with van der Waals surface area (Å²) in [6, 6.07) is 3.09. The summed E-state index contributed by atoms with van der Waals surface area (Å²) in [6.07, 6.45) is 2.37. The number of aromatic nitrogens is 1. The van der Waals surface area contributed by atoms with Gasteiger partial charge >= 0.3 is 5.97 Å². The first-order valence-corrected chi connectivity index (χ1v) is 5.99. The Balaban J connectivity index is 2.84. The van der Waals surface area contributed by atoms with Gasteiger partial charge in [-0.1, -0.05) is 13.3 Å². The maximum absolute atomic E-state index is 12.0. The molecule has 0 saturated carbocycles. The number of nitrogens with one attached hydrogen (secondary N) is 1. The minimum atomic E-state index is -1.27. The number of carboxylic acids is 1. The van der Waals surface area contributed by atoms with E-state index in [1.165, 1.54) is 26.3 Å². The number of aliphatic carboxylic acids is 1. The third-order valence-corrected chi connectivity index (χ3v) is 2.82. The lowest BCUT2D eigenvalue weighted by Gasteiger charge is -2.25. The van der Waals surface area contributed by atoms with Crippen LogP contribution in [0.3, 0.4) is 0 Å². The van der Waals surface area contributed by atoms with Crippen molar-refractivity contribution in [2.45, 2.75) is 32.2 Å². The van der Waals surface area contributed by atoms with Gasteiger partial charge in [0.25, 0.3) is 5.91 Å². The molecule has 1 amide bonds. The largest absolute Gasteiger partial charge is 0.481 e. The van der Waals surface area contributed by atoms with Crippen LogP contribution in [0.1, 0.15) is 37.0 Å². The number of pyridine rings is 1. The molecule has 0 aliphatic rings. The summed E-state index contributed by atoms with van der Waals surface area (Å²) in [6.45, 7) is 3.36. The van der Waals surface area contributed by atoms with E-state index in [0.717, 1.165) is 0 Å². The number of hydrogen-bond donors (Lipinski definition) is 2. The Bertz CT molecular complexity index is 458. The van der Waals surface area contributed by atoms with E-state index in [4.69, 9.17) is 4.74 Å². The molecule has 0 aromatic carbocycles. The molecule has 2 N–H and O–H groups in total. The first kappa shape index (κ1) is 14.9. The van der Waals surface area contributed by atoms with E-state index in [0.29, 0.717) is 24.3 Å². The first-order valence-electron chi connectivity index (χ1n) is 5.99. The van der Waals surface area contributed by atoms with Gasteiger partial charge in [0.2, 0.25) is 5.88 Å². The van der Waals surface area contributed by atoms with Crippen molar-refractivity contribution in [1.82, 2.24) is 10.3 Å². The molecule has 1 atom stereocenters. The van der Waals surface area contributed by atoms with Crippen molar-refractivity contribution in [3.05, 3.63) is 23.9 Å². The summed E-state index contributed by atoms with van der Waals surface area (Å²) in [5, 5.41) is 11.7. The minimum Gasteiger partial charge on any atom is -0.481 e. The number of carboxylic acid groups (broad SMARTS) is 1. The fourth-order valence-electron chi connectivity index (χ4n) is 1.68. The molecule has 1 aromatic rings. The average Bonchev–Trinajstić information content (AvgIpc) is 2.38. The van der Waals surface area contributed by atoms with Crippen molar-refractivity contribution in [3.63, 3.8) is 0 Å². The molecule has 0 bridgehead atoms. The maximum Gasteiger partial charge on any atom is 0.329 e. The van der Waals surface area contributed by atoms with Gasteiger partial charge in [0, 0.05) is 12.3 Å². The summed E-state index contributed by atoms with van der Waals surface area (Å²) in [7, 11) is 1.48. The molecule has 0 aliphatic heterocycles. The van der Waals surface area contributed by atoms with Gasteiger partial charge in [0.1, 0.15) is 5.54 Å². The second-order valence-electron chi connectivity index (χ2n) is 4.43. The van der Waals surface area contributed by atoms with Crippen molar-refractivity contribution in [2.75, 3.05) is 7.11 Å². The van der Waals surface area contributed by atoms with Gasteiger partial charge in [-0.15, -0.1) is 0 Å². The highest BCUT2D eigenvalue weighted by molar-refractivity contribution is 5.97. The highest BCUT2D eigenvalue weighted by atomic mass is 16.5. The SMILES string of the molecule is CCCC(C)(NC(=O)c1ccc(OC)nc1)C(=O)O. The van der Waals surface area contributed by atoms with Crippen molar-refractivity contribution in [2.24, 2.45) is 0 Å². The fourth-order valence-corrected chi connectivity index (χ4v) is 1.68. The number of carbonyl (C=O) groups excluding carboxylic acids is 1. The number of amides is 1. The van der Waals surface area contributed by atoms with Crippen molar-refractivity contribution in [3.8, 4) is 5.88 Å². The van der Waals surface area contributed by atoms with Crippen molar-refractivity contribution >= 4 is 11.9 Å². The normalized spacial score (nSPS) is 13.4. The highest BCUT2D eigenvalue weighted by Crippen LogP contribution is 2.14. The molecule has 0 fully saturated rings. The van der Waals surface area contributed by atoms with Crippen LogP contribution in [0.2, 0.25) is 0 Å². The number of methoxy groups -OCH3 is 1. The molecule has 1 rings (SSSR count). The smallest absolute Gasteiger partial charge is 0.329 e. The van der Waals surface area contributed by atoms with Crippen molar-refractivity contribution < 1.29 is 19.4 Å². The van der Waals surface area contributed by atoms with Crippen molar-refractivity contribution in [1.29, 1.82) is 0 Å². The summed E-state index contributed by atoms with van der Waals surface area (Å²) < 4.78 is 4.89. The standard InChI is InChI=1S/C13H18N2O4/c1-4-7-13(2,12(17)18)15-11(16)9-5-6-10(19-3)14-8-9/h5-6,8H,4,7H2,1-3H3,(H,15,16)(H,17,18). The van der Waals surface area contributed by atoms with E-state index in [2.05, 4.69) is 10.3 Å². The van der Waals surface area contributed by atoms with E-state index in [1.54, 1.807) is 6.07 Å². The zero-order chi connectivity index (χ0) is 14.5. The van der Waals surface area contributed by atoms with Gasteiger partial charge in [-0.25, -0.2) is 9.78 Å². The summed E-state index contributed by atoms with van der Waals surface area (Å²) in [5.74, 6) is -1.12. The van der Waals surface area contributed by atoms with Crippen LogP contribution < -0.4 is 10.1 Å². The lowest BCUT2D eigenvalue weighted by Crippen LogP contribution is -2.52. The van der Waals surface area contributed by atoms with Gasteiger partial charge in [-0.05, 0) is 19.4 Å². The molecule has 0 spiro atoms. The summed E-state index contributed by atoms with van der Waals surface area (Å²) in [4.78, 5) is 27.1. The molecule has 19 heavy (non-hydrogen) atoms. The van der Waals surface area contributed by atoms with Gasteiger partial charge in [0.15, 0.2) is 0 Å². The van der Waals surface area contributed by atoms with Crippen LogP contribution in [-0.2, 0) is 4.79 Å². The van der Waals surface area contributed by atoms with Crippen LogP contribution >= 0.6 is 0 Å². The van der Waals surface area contributed by atoms with Gasteiger partial charge in [-0.3, -0.25) is 4.79 Å². The predicted molar refractivity (Wildman–Crippen MR) is 69.2 cm³/mol. The molecular formula is C13H18N2O4. The van der Waals surface area contributed by atoms with Crippen LogP contribution in [0.4, 0.5) is 0 Å². The maximum atomic E-state index is 12.0. The Hall–Kier alpha value is -2.11. The minimum absolute atomic E-state index is 0.296. The topological polar surface area (TPSA) is 88.5 Å². The van der Waals surface area contributed by atoms with E-state index in [9.17, 15) is 14.7 Å². The van der Waals surface area contributed by atoms with Crippen LogP contribution in [0.5, 0.6) is 5.88 Å². The average molecular weight is 266 g/mol. The number of carbonyl (C=O) groups is 2. The van der Waals surface area contributed by atoms with Crippen LogP contribution in [0.25, 0.3) is 0 Å². The fraction of sp³-hybridized carbons (Fsp3) is 0.462. The van der Waals surface area contributed by atoms with E-state index in [1.807, 2.05) is 6.92 Å². The monoisotopic (exact) mass is 266 g/mol. The summed E-state index contributed by atoms with van der Waals surface area (Å²) in [5.41, 5.74) is -0.976. The zero-order valence-corrected chi connectivity index (χ0v) is 11.3. The number of nitrogens with zero attached hydrogens (tertiary/aromatic N) is 1. The van der Waals surface area contributed by atoms with Crippen LogP contribution in [0.15, 0.2) is 18.3 Å². The molecule has 0 radical (unpaired) electrons. The highest BCUT2D eigenvalue weighted by Gasteiger charge is 2.34. The van der Waals surface area contributed by atoms with Gasteiger partial charge in [0.05, 0.1) is 12.7 Å². The molecule has 1 unspecified atom stereocenters. The molecule has 6 heteroatoms. The molecule has 0 saturated heterocycles. The molecular weight excluding hydrogens is 248 g/mol. The molecule has 1 aromatic heterocycles. The van der Waals surface area contributed by atoms with Gasteiger partial charge in [-0.2, -0.15) is 0 Å². The third-order valence-electron chi connectivity index (χ3n) is 2.82. The molecule has 104 valence electrons. The first-order chi connectivity index (χ1) is 8.92. The van der Waals surface area contributed by atoms with E-state index >= 15 is 0 Å². The van der Waals surface area contributed by atoms with Crippen LogP contribution in [-0.4, -0.2) is 34.6 Å². The van der Waals surface area contributed by atoms with E-state index in [-0.39, 0.29) is 0 Å². The Morgan fingerprint density at radius 3 is 2.58 bits per heavy atom. The lowest BCUT2D eigenvalue weighted by molar-refractivity contribution is -0.144. The Kier molecular flexibility index (Phi) is 4.86.